The van der Waals surface area contributed by atoms with Gasteiger partial charge in [0.2, 0.25) is 5.91 Å². The van der Waals surface area contributed by atoms with E-state index in [0.717, 1.165) is 31.2 Å². The molecule has 1 aliphatic heterocycles. The summed E-state index contributed by atoms with van der Waals surface area (Å²) in [5.41, 5.74) is 3.12. The first-order valence-electron chi connectivity index (χ1n) is 12.0. The third-order valence-corrected chi connectivity index (χ3v) is 6.95. The molecule has 7 heteroatoms. The first-order valence-corrected chi connectivity index (χ1v) is 12.0. The lowest BCUT2D eigenvalue weighted by molar-refractivity contribution is -0.127. The molecule has 172 valence electrons. The monoisotopic (exact) mass is 446 g/mol. The standard InChI is InChI=1S/C26H30N4O3/c1-17-23-21(15-22(28-25(23)33-29-17)18-9-4-2-5-10-18)26(32)30-14-8-11-19(16-30)24(31)27-20-12-6-3-7-13-20/h2,4-5,9-10,15,19-20H,3,6-8,11-14,16H2,1H3,(H,27,31). The summed E-state index contributed by atoms with van der Waals surface area (Å²) >= 11 is 0. The number of nitrogens with one attached hydrogen (secondary N) is 1. The smallest absolute Gasteiger partial charge is 0.259 e. The molecule has 1 aromatic carbocycles. The molecule has 2 aromatic heterocycles. The predicted molar refractivity (Wildman–Crippen MR) is 126 cm³/mol. The molecule has 1 saturated carbocycles. The fourth-order valence-corrected chi connectivity index (χ4v) is 5.13. The largest absolute Gasteiger partial charge is 0.353 e. The van der Waals surface area contributed by atoms with Gasteiger partial charge in [-0.1, -0.05) is 54.8 Å². The second-order valence-corrected chi connectivity index (χ2v) is 9.30. The number of aryl methyl sites for hydroxylation is 1. The van der Waals surface area contributed by atoms with Crippen LogP contribution in [0.2, 0.25) is 0 Å². The number of piperidine rings is 1. The van der Waals surface area contributed by atoms with Crippen LogP contribution in [0, 0.1) is 12.8 Å². The zero-order chi connectivity index (χ0) is 22.8. The van der Waals surface area contributed by atoms with Crippen LogP contribution in [0.25, 0.3) is 22.4 Å². The highest BCUT2D eigenvalue weighted by molar-refractivity contribution is 6.07. The molecule has 2 aliphatic rings. The van der Waals surface area contributed by atoms with Gasteiger partial charge in [-0.05, 0) is 38.7 Å². The van der Waals surface area contributed by atoms with Gasteiger partial charge in [0.05, 0.1) is 28.3 Å². The Morgan fingerprint density at radius 3 is 2.64 bits per heavy atom. The number of amides is 2. The predicted octanol–water partition coefficient (Wildman–Crippen LogP) is 4.50. The average molecular weight is 447 g/mol. The molecule has 7 nitrogen and oxygen atoms in total. The molecule has 2 amide bonds. The van der Waals surface area contributed by atoms with Gasteiger partial charge in [0.1, 0.15) is 0 Å². The number of benzene rings is 1. The summed E-state index contributed by atoms with van der Waals surface area (Å²) in [6, 6.07) is 11.8. The molecule has 1 aliphatic carbocycles. The molecule has 2 fully saturated rings. The quantitative estimate of drug-likeness (QED) is 0.637. The van der Waals surface area contributed by atoms with Gasteiger partial charge in [0.25, 0.3) is 11.6 Å². The summed E-state index contributed by atoms with van der Waals surface area (Å²) in [5.74, 6) is -0.175. The third-order valence-electron chi connectivity index (χ3n) is 6.95. The molecule has 33 heavy (non-hydrogen) atoms. The fraction of sp³-hybridized carbons (Fsp3) is 0.462. The second-order valence-electron chi connectivity index (χ2n) is 9.30. The number of nitrogens with zero attached hydrogens (tertiary/aromatic N) is 3. The Hall–Kier alpha value is -3.22. The summed E-state index contributed by atoms with van der Waals surface area (Å²) in [6.07, 6.45) is 7.37. The SMILES string of the molecule is Cc1noc2nc(-c3ccccc3)cc(C(=O)N3CCCC(C(=O)NC4CCCCC4)C3)c12. The molecule has 1 saturated heterocycles. The van der Waals surface area contributed by atoms with Crippen molar-refractivity contribution >= 4 is 22.9 Å². The van der Waals surface area contributed by atoms with Gasteiger partial charge in [-0.25, -0.2) is 4.98 Å². The van der Waals surface area contributed by atoms with Gasteiger partial charge in [0.15, 0.2) is 0 Å². The van der Waals surface area contributed by atoms with Crippen molar-refractivity contribution in [1.82, 2.24) is 20.4 Å². The van der Waals surface area contributed by atoms with Gasteiger partial charge in [-0.3, -0.25) is 9.59 Å². The molecule has 3 aromatic rings. The molecule has 1 atom stereocenters. The van der Waals surface area contributed by atoms with Crippen LogP contribution in [-0.2, 0) is 4.79 Å². The second kappa shape index (κ2) is 9.33. The Bertz CT molecular complexity index is 1150. The lowest BCUT2D eigenvalue weighted by atomic mass is 9.92. The maximum absolute atomic E-state index is 13.7. The van der Waals surface area contributed by atoms with Crippen LogP contribution in [0.4, 0.5) is 0 Å². The van der Waals surface area contributed by atoms with Crippen LogP contribution in [-0.4, -0.2) is 46.0 Å². The molecule has 0 radical (unpaired) electrons. The molecule has 5 rings (SSSR count). The highest BCUT2D eigenvalue weighted by Crippen LogP contribution is 2.29. The van der Waals surface area contributed by atoms with E-state index in [-0.39, 0.29) is 23.8 Å². The summed E-state index contributed by atoms with van der Waals surface area (Å²) < 4.78 is 5.44. The van der Waals surface area contributed by atoms with Gasteiger partial charge < -0.3 is 14.7 Å². The minimum Gasteiger partial charge on any atom is -0.353 e. The van der Waals surface area contributed by atoms with E-state index in [1.165, 1.54) is 19.3 Å². The van der Waals surface area contributed by atoms with Crippen LogP contribution < -0.4 is 5.32 Å². The molecule has 1 N–H and O–H groups in total. The number of likely N-dealkylation sites (tertiary alicyclic amines) is 1. The Kier molecular flexibility index (Phi) is 6.11. The Labute approximate surface area is 193 Å². The van der Waals surface area contributed by atoms with E-state index in [1.807, 2.05) is 48.2 Å². The van der Waals surface area contributed by atoms with Crippen molar-refractivity contribution in [2.24, 2.45) is 5.92 Å². The molecular weight excluding hydrogens is 416 g/mol. The molecule has 1 unspecified atom stereocenters. The zero-order valence-corrected chi connectivity index (χ0v) is 19.0. The van der Waals surface area contributed by atoms with Crippen molar-refractivity contribution in [3.05, 3.63) is 47.7 Å². The zero-order valence-electron chi connectivity index (χ0n) is 19.0. The summed E-state index contributed by atoms with van der Waals surface area (Å²) in [5, 5.41) is 7.94. The van der Waals surface area contributed by atoms with E-state index in [9.17, 15) is 9.59 Å². The van der Waals surface area contributed by atoms with Gasteiger partial charge in [-0.15, -0.1) is 0 Å². The molecular formula is C26H30N4O3. The highest BCUT2D eigenvalue weighted by Gasteiger charge is 2.32. The maximum Gasteiger partial charge on any atom is 0.259 e. The van der Waals surface area contributed by atoms with Crippen molar-refractivity contribution in [2.45, 2.75) is 57.9 Å². The number of hydrogen-bond acceptors (Lipinski definition) is 5. The van der Waals surface area contributed by atoms with Crippen LogP contribution in [0.1, 0.15) is 61.0 Å². The lowest BCUT2D eigenvalue weighted by Crippen LogP contribution is -2.48. The van der Waals surface area contributed by atoms with E-state index in [2.05, 4.69) is 15.5 Å². The summed E-state index contributed by atoms with van der Waals surface area (Å²) in [7, 11) is 0. The minimum absolute atomic E-state index is 0.0883. The van der Waals surface area contributed by atoms with Crippen LogP contribution in [0.3, 0.4) is 0 Å². The van der Waals surface area contributed by atoms with E-state index < -0.39 is 0 Å². The number of carbonyl (C=O) groups excluding carboxylic acids is 2. The molecule has 0 bridgehead atoms. The van der Waals surface area contributed by atoms with Crippen molar-refractivity contribution in [3.63, 3.8) is 0 Å². The van der Waals surface area contributed by atoms with E-state index in [0.29, 0.717) is 41.1 Å². The summed E-state index contributed by atoms with van der Waals surface area (Å²) in [6.45, 7) is 2.90. The van der Waals surface area contributed by atoms with Crippen LogP contribution in [0.15, 0.2) is 40.9 Å². The Morgan fingerprint density at radius 1 is 1.06 bits per heavy atom. The van der Waals surface area contributed by atoms with E-state index in [4.69, 9.17) is 4.52 Å². The fourth-order valence-electron chi connectivity index (χ4n) is 5.13. The van der Waals surface area contributed by atoms with Crippen molar-refractivity contribution in [2.75, 3.05) is 13.1 Å². The molecule has 0 spiro atoms. The molecule has 3 heterocycles. The lowest BCUT2D eigenvalue weighted by Gasteiger charge is -2.33. The third kappa shape index (κ3) is 4.49. The normalized spacial score (nSPS) is 19.5. The first kappa shape index (κ1) is 21.6. The van der Waals surface area contributed by atoms with Crippen molar-refractivity contribution in [3.8, 4) is 11.3 Å². The first-order chi connectivity index (χ1) is 16.1. The van der Waals surface area contributed by atoms with E-state index in [1.54, 1.807) is 0 Å². The highest BCUT2D eigenvalue weighted by atomic mass is 16.5. The average Bonchev–Trinajstić information content (AvgIpc) is 3.25. The van der Waals surface area contributed by atoms with Crippen molar-refractivity contribution < 1.29 is 14.1 Å². The van der Waals surface area contributed by atoms with Gasteiger partial charge in [-0.2, -0.15) is 0 Å². The van der Waals surface area contributed by atoms with Crippen molar-refractivity contribution in [1.29, 1.82) is 0 Å². The van der Waals surface area contributed by atoms with Crippen LogP contribution in [0.5, 0.6) is 0 Å². The number of aromatic nitrogens is 2. The topological polar surface area (TPSA) is 88.3 Å². The number of carbonyl (C=O) groups is 2. The maximum atomic E-state index is 13.7. The Morgan fingerprint density at radius 2 is 1.85 bits per heavy atom. The van der Waals surface area contributed by atoms with Gasteiger partial charge in [0, 0.05) is 24.7 Å². The minimum atomic E-state index is -0.167. The summed E-state index contributed by atoms with van der Waals surface area (Å²) in [4.78, 5) is 33.1. The number of fused-ring (bicyclic) bond motifs is 1. The Balaban J connectivity index is 1.39. The van der Waals surface area contributed by atoms with E-state index >= 15 is 0 Å². The number of hydrogen-bond donors (Lipinski definition) is 1. The number of rotatable bonds is 4. The van der Waals surface area contributed by atoms with Gasteiger partial charge >= 0.3 is 0 Å². The number of pyridine rings is 1. The van der Waals surface area contributed by atoms with Crippen LogP contribution >= 0.6 is 0 Å².